The number of nitrogens with one attached hydrogen (secondary N) is 1. The van der Waals surface area contributed by atoms with Gasteiger partial charge < -0.3 is 5.32 Å². The zero-order valence-corrected chi connectivity index (χ0v) is 15.4. The summed E-state index contributed by atoms with van der Waals surface area (Å²) in [5.74, 6) is -0.535. The van der Waals surface area contributed by atoms with Crippen molar-refractivity contribution in [3.8, 4) is 0 Å². The van der Waals surface area contributed by atoms with Crippen molar-refractivity contribution in [2.45, 2.75) is 44.5 Å². The molecule has 28 heavy (non-hydrogen) atoms. The Bertz CT molecular complexity index is 806. The normalized spacial score (nSPS) is 12.9. The van der Waals surface area contributed by atoms with E-state index in [1.807, 2.05) is 0 Å². The minimum atomic E-state index is -5.64. The maximum absolute atomic E-state index is 14.0. The van der Waals surface area contributed by atoms with Crippen LogP contribution in [0.5, 0.6) is 0 Å². The number of rotatable bonds is 4. The molecular formula is C20H19F6NO. The number of alkyl halides is 6. The molecule has 0 atom stereocenters. The van der Waals surface area contributed by atoms with Gasteiger partial charge in [0.05, 0.1) is 0 Å². The van der Waals surface area contributed by atoms with Gasteiger partial charge in [-0.05, 0) is 34.7 Å². The number of amides is 1. The number of hydrogen-bond donors (Lipinski definition) is 1. The summed E-state index contributed by atoms with van der Waals surface area (Å²) >= 11 is 0. The molecule has 0 radical (unpaired) electrons. The second-order valence-electron chi connectivity index (χ2n) is 6.78. The van der Waals surface area contributed by atoms with Crippen LogP contribution >= 0.6 is 0 Å². The molecule has 0 spiro atoms. The molecule has 1 N–H and O–H groups in total. The van der Waals surface area contributed by atoms with Crippen LogP contribution in [0.15, 0.2) is 48.5 Å². The van der Waals surface area contributed by atoms with Crippen molar-refractivity contribution in [2.24, 2.45) is 0 Å². The van der Waals surface area contributed by atoms with Gasteiger partial charge in [-0.2, -0.15) is 26.3 Å². The molecule has 0 aliphatic rings. The minimum Gasteiger partial charge on any atom is -0.326 e. The smallest absolute Gasteiger partial charge is 0.326 e. The Morgan fingerprint density at radius 3 is 1.50 bits per heavy atom. The first-order valence-electron chi connectivity index (χ1n) is 8.42. The molecule has 0 aromatic heterocycles. The molecule has 2 rings (SSSR count). The highest BCUT2D eigenvalue weighted by molar-refractivity contribution is 5.88. The molecule has 2 nitrogen and oxygen atoms in total. The van der Waals surface area contributed by atoms with Gasteiger partial charge in [-0.25, -0.2) is 0 Å². The van der Waals surface area contributed by atoms with Crippen molar-refractivity contribution < 1.29 is 31.1 Å². The van der Waals surface area contributed by atoms with E-state index in [1.54, 1.807) is 13.8 Å². The Morgan fingerprint density at radius 1 is 0.786 bits per heavy atom. The molecule has 0 aliphatic carbocycles. The summed E-state index contributed by atoms with van der Waals surface area (Å²) < 4.78 is 84.1. The molecule has 1 amide bonds. The maximum Gasteiger partial charge on any atom is 0.411 e. The van der Waals surface area contributed by atoms with E-state index in [0.29, 0.717) is 5.56 Å². The summed E-state index contributed by atoms with van der Waals surface area (Å²) in [6.07, 6.45) is -11.3. The second-order valence-corrected chi connectivity index (χ2v) is 6.78. The first-order chi connectivity index (χ1) is 12.8. The Labute approximate surface area is 158 Å². The molecule has 0 fully saturated rings. The summed E-state index contributed by atoms with van der Waals surface area (Å²) in [4.78, 5) is 11.1. The van der Waals surface area contributed by atoms with Gasteiger partial charge in [-0.3, -0.25) is 4.79 Å². The largest absolute Gasteiger partial charge is 0.411 e. The zero-order chi connectivity index (χ0) is 21.3. The molecule has 152 valence electrons. The van der Waals surface area contributed by atoms with E-state index in [0.717, 1.165) is 36.4 Å². The number of hydrogen-bond acceptors (Lipinski definition) is 1. The van der Waals surface area contributed by atoms with Gasteiger partial charge in [-0.1, -0.05) is 50.2 Å². The summed E-state index contributed by atoms with van der Waals surface area (Å²) in [7, 11) is 0. The molecule has 0 unspecified atom stereocenters. The number of carbonyl (C=O) groups excluding carboxylic acids is 1. The van der Waals surface area contributed by atoms with Gasteiger partial charge >= 0.3 is 12.4 Å². The van der Waals surface area contributed by atoms with Crippen LogP contribution in [0.1, 0.15) is 43.4 Å². The monoisotopic (exact) mass is 403 g/mol. The third-order valence-corrected chi connectivity index (χ3v) is 4.50. The van der Waals surface area contributed by atoms with E-state index < -0.39 is 34.8 Å². The molecule has 8 heteroatoms. The maximum atomic E-state index is 14.0. The first kappa shape index (κ1) is 21.8. The van der Waals surface area contributed by atoms with Gasteiger partial charge in [-0.15, -0.1) is 0 Å². The Balaban J connectivity index is 2.73. The van der Waals surface area contributed by atoms with E-state index >= 15 is 0 Å². The molecule has 2 aromatic carbocycles. The standard InChI is InChI=1S/C20H19F6NO/c1-12(2)14-4-6-15(7-5-14)18(19(21,22)23,20(24,25)26)16-8-10-17(11-9-16)27-13(3)28/h4-12H,1-3H3,(H,27,28). The van der Waals surface area contributed by atoms with Crippen LogP contribution in [0.2, 0.25) is 0 Å². The average molecular weight is 403 g/mol. The third kappa shape index (κ3) is 3.86. The molecule has 0 bridgehead atoms. The predicted molar refractivity (Wildman–Crippen MR) is 94.2 cm³/mol. The lowest BCUT2D eigenvalue weighted by Crippen LogP contribution is -2.54. The van der Waals surface area contributed by atoms with E-state index in [1.165, 1.54) is 19.1 Å². The average Bonchev–Trinajstić information content (AvgIpc) is 2.54. The molecule has 0 aliphatic heterocycles. The number of carbonyl (C=O) groups is 1. The van der Waals surface area contributed by atoms with E-state index in [2.05, 4.69) is 5.32 Å². The van der Waals surface area contributed by atoms with Gasteiger partial charge in [0.1, 0.15) is 0 Å². The highest BCUT2D eigenvalue weighted by Gasteiger charge is 2.72. The van der Waals surface area contributed by atoms with Crippen molar-refractivity contribution in [3.63, 3.8) is 0 Å². The number of anilines is 1. The highest BCUT2D eigenvalue weighted by Crippen LogP contribution is 2.56. The van der Waals surface area contributed by atoms with Crippen molar-refractivity contribution in [3.05, 3.63) is 65.2 Å². The van der Waals surface area contributed by atoms with Gasteiger partial charge in [0.25, 0.3) is 0 Å². The lowest BCUT2D eigenvalue weighted by Gasteiger charge is -2.38. The molecular weight excluding hydrogens is 384 g/mol. The van der Waals surface area contributed by atoms with Crippen LogP contribution in [0.4, 0.5) is 32.0 Å². The Hall–Kier alpha value is -2.51. The van der Waals surface area contributed by atoms with Crippen LogP contribution < -0.4 is 5.32 Å². The van der Waals surface area contributed by atoms with Crippen LogP contribution in [-0.2, 0) is 10.2 Å². The van der Waals surface area contributed by atoms with Crippen LogP contribution in [0.3, 0.4) is 0 Å². The van der Waals surface area contributed by atoms with Gasteiger partial charge in [0.2, 0.25) is 11.3 Å². The van der Waals surface area contributed by atoms with Crippen LogP contribution in [-0.4, -0.2) is 18.3 Å². The summed E-state index contributed by atoms with van der Waals surface area (Å²) in [6.45, 7) is 4.76. The lowest BCUT2D eigenvalue weighted by atomic mass is 9.72. The Morgan fingerprint density at radius 2 is 1.18 bits per heavy atom. The SMILES string of the molecule is CC(=O)Nc1ccc(C(c2ccc(C(C)C)cc2)(C(F)(F)F)C(F)(F)F)cc1. The Kier molecular flexibility index (Phi) is 5.82. The summed E-state index contributed by atoms with van der Waals surface area (Å²) in [6, 6.07) is 7.81. The van der Waals surface area contributed by atoms with Gasteiger partial charge in [0.15, 0.2) is 0 Å². The first-order valence-corrected chi connectivity index (χ1v) is 8.42. The topological polar surface area (TPSA) is 29.1 Å². The summed E-state index contributed by atoms with van der Waals surface area (Å²) in [5.41, 5.74) is -5.35. The minimum absolute atomic E-state index is 0.0443. The van der Waals surface area contributed by atoms with E-state index in [-0.39, 0.29) is 11.6 Å². The lowest BCUT2D eigenvalue weighted by molar-refractivity contribution is -0.288. The predicted octanol–water partition coefficient (Wildman–Crippen LogP) is 6.18. The van der Waals surface area contributed by atoms with Gasteiger partial charge in [0, 0.05) is 12.6 Å². The fraction of sp³-hybridized carbons (Fsp3) is 0.350. The van der Waals surface area contributed by atoms with Crippen LogP contribution in [0, 0.1) is 0 Å². The molecule has 0 saturated heterocycles. The molecule has 0 heterocycles. The fourth-order valence-corrected chi connectivity index (χ4v) is 3.11. The van der Waals surface area contributed by atoms with Crippen molar-refractivity contribution >= 4 is 11.6 Å². The third-order valence-electron chi connectivity index (χ3n) is 4.50. The van der Waals surface area contributed by atoms with E-state index in [4.69, 9.17) is 0 Å². The second kappa shape index (κ2) is 7.48. The molecule has 2 aromatic rings. The van der Waals surface area contributed by atoms with Crippen molar-refractivity contribution in [1.82, 2.24) is 0 Å². The summed E-state index contributed by atoms with van der Waals surface area (Å²) in [5, 5.41) is 2.32. The van der Waals surface area contributed by atoms with E-state index in [9.17, 15) is 31.1 Å². The quantitative estimate of drug-likeness (QED) is 0.607. The fourth-order valence-electron chi connectivity index (χ4n) is 3.11. The van der Waals surface area contributed by atoms with Crippen molar-refractivity contribution in [2.75, 3.05) is 5.32 Å². The number of halogens is 6. The number of benzene rings is 2. The van der Waals surface area contributed by atoms with Crippen LogP contribution in [0.25, 0.3) is 0 Å². The van der Waals surface area contributed by atoms with Crippen molar-refractivity contribution in [1.29, 1.82) is 0 Å². The highest BCUT2D eigenvalue weighted by atomic mass is 19.4. The molecule has 0 saturated carbocycles. The zero-order valence-electron chi connectivity index (χ0n) is 15.4.